The Kier molecular flexibility index (Phi) is 4.80. The van der Waals surface area contributed by atoms with E-state index in [1.165, 1.54) is 0 Å². The SMILES string of the molecule is CCC(C)Oc1ccc(C(=O)NC2CCNC2)cc1. The molecule has 1 aliphatic rings. The minimum atomic E-state index is -0.0104. The minimum Gasteiger partial charge on any atom is -0.491 e. The summed E-state index contributed by atoms with van der Waals surface area (Å²) in [5, 5.41) is 6.26. The molecule has 2 rings (SSSR count). The molecule has 0 spiro atoms. The van der Waals surface area contributed by atoms with E-state index in [0.29, 0.717) is 5.56 Å². The number of ether oxygens (including phenoxy) is 1. The normalized spacial score (nSPS) is 20.0. The Balaban J connectivity index is 1.91. The van der Waals surface area contributed by atoms with Gasteiger partial charge in [0.05, 0.1) is 6.10 Å². The first-order valence-corrected chi connectivity index (χ1v) is 6.97. The van der Waals surface area contributed by atoms with Crippen molar-refractivity contribution in [2.45, 2.75) is 38.8 Å². The monoisotopic (exact) mass is 262 g/mol. The van der Waals surface area contributed by atoms with E-state index in [0.717, 1.165) is 31.7 Å². The van der Waals surface area contributed by atoms with Crippen LogP contribution in [0.4, 0.5) is 0 Å². The lowest BCUT2D eigenvalue weighted by Crippen LogP contribution is -2.36. The maximum absolute atomic E-state index is 12.0. The van der Waals surface area contributed by atoms with Crippen LogP contribution in [0.5, 0.6) is 5.75 Å². The Hall–Kier alpha value is -1.55. The van der Waals surface area contributed by atoms with Gasteiger partial charge < -0.3 is 15.4 Å². The molecule has 1 fully saturated rings. The summed E-state index contributed by atoms with van der Waals surface area (Å²) in [5.74, 6) is 0.803. The van der Waals surface area contributed by atoms with Gasteiger partial charge in [-0.3, -0.25) is 4.79 Å². The fourth-order valence-electron chi connectivity index (χ4n) is 2.05. The molecule has 0 aliphatic carbocycles. The Bertz CT molecular complexity index is 411. The highest BCUT2D eigenvalue weighted by Gasteiger charge is 2.17. The van der Waals surface area contributed by atoms with Crippen LogP contribution in [0.1, 0.15) is 37.0 Å². The first-order valence-electron chi connectivity index (χ1n) is 6.97. The van der Waals surface area contributed by atoms with Crippen LogP contribution in [0.15, 0.2) is 24.3 Å². The van der Waals surface area contributed by atoms with Gasteiger partial charge in [-0.05, 0) is 50.6 Å². The second kappa shape index (κ2) is 6.57. The molecule has 1 aliphatic heterocycles. The third-order valence-corrected chi connectivity index (χ3v) is 3.42. The number of nitrogens with one attached hydrogen (secondary N) is 2. The van der Waals surface area contributed by atoms with Gasteiger partial charge in [0.1, 0.15) is 5.75 Å². The van der Waals surface area contributed by atoms with Gasteiger partial charge in [-0.15, -0.1) is 0 Å². The first-order chi connectivity index (χ1) is 9.19. The van der Waals surface area contributed by atoms with Crippen LogP contribution in [0.2, 0.25) is 0 Å². The number of carbonyl (C=O) groups is 1. The van der Waals surface area contributed by atoms with Crippen molar-refractivity contribution in [2.24, 2.45) is 0 Å². The molecule has 0 saturated carbocycles. The van der Waals surface area contributed by atoms with Crippen molar-refractivity contribution in [1.29, 1.82) is 0 Å². The van der Waals surface area contributed by atoms with Crippen LogP contribution < -0.4 is 15.4 Å². The van der Waals surface area contributed by atoms with Crippen molar-refractivity contribution in [3.05, 3.63) is 29.8 Å². The van der Waals surface area contributed by atoms with E-state index in [2.05, 4.69) is 17.6 Å². The topological polar surface area (TPSA) is 50.4 Å². The largest absolute Gasteiger partial charge is 0.491 e. The summed E-state index contributed by atoms with van der Waals surface area (Å²) in [6, 6.07) is 7.59. The van der Waals surface area contributed by atoms with E-state index >= 15 is 0 Å². The number of amides is 1. The van der Waals surface area contributed by atoms with Crippen LogP contribution in [-0.2, 0) is 0 Å². The van der Waals surface area contributed by atoms with Crippen LogP contribution in [0, 0.1) is 0 Å². The second-order valence-corrected chi connectivity index (χ2v) is 5.02. The fraction of sp³-hybridized carbons (Fsp3) is 0.533. The van der Waals surface area contributed by atoms with E-state index in [-0.39, 0.29) is 18.1 Å². The van der Waals surface area contributed by atoms with Crippen molar-refractivity contribution < 1.29 is 9.53 Å². The molecule has 2 atom stereocenters. The van der Waals surface area contributed by atoms with E-state index in [9.17, 15) is 4.79 Å². The summed E-state index contributed by atoms with van der Waals surface area (Å²) in [4.78, 5) is 12.0. The van der Waals surface area contributed by atoms with Gasteiger partial charge in [0.25, 0.3) is 5.91 Å². The van der Waals surface area contributed by atoms with Crippen molar-refractivity contribution in [3.8, 4) is 5.75 Å². The molecule has 1 saturated heterocycles. The third-order valence-electron chi connectivity index (χ3n) is 3.42. The van der Waals surface area contributed by atoms with Crippen LogP contribution in [0.25, 0.3) is 0 Å². The Morgan fingerprint density at radius 1 is 1.47 bits per heavy atom. The molecule has 1 amide bonds. The predicted octanol–water partition coefficient (Wildman–Crippen LogP) is 1.96. The average Bonchev–Trinajstić information content (AvgIpc) is 2.92. The molecule has 1 heterocycles. The molecule has 0 radical (unpaired) electrons. The minimum absolute atomic E-state index is 0.0104. The number of hydrogen-bond donors (Lipinski definition) is 2. The maximum atomic E-state index is 12.0. The summed E-state index contributed by atoms with van der Waals surface area (Å²) in [7, 11) is 0. The van der Waals surface area contributed by atoms with Crippen LogP contribution in [-0.4, -0.2) is 31.1 Å². The zero-order valence-corrected chi connectivity index (χ0v) is 11.6. The molecule has 0 aromatic heterocycles. The molecule has 4 heteroatoms. The summed E-state index contributed by atoms with van der Waals surface area (Å²) in [6.07, 6.45) is 2.17. The molecular formula is C15H22N2O2. The smallest absolute Gasteiger partial charge is 0.251 e. The van der Waals surface area contributed by atoms with Crippen molar-refractivity contribution in [2.75, 3.05) is 13.1 Å². The van der Waals surface area contributed by atoms with Crippen LogP contribution >= 0.6 is 0 Å². The number of benzene rings is 1. The molecule has 1 aromatic rings. The number of hydrogen-bond acceptors (Lipinski definition) is 3. The van der Waals surface area contributed by atoms with Gasteiger partial charge in [-0.1, -0.05) is 6.92 Å². The summed E-state index contributed by atoms with van der Waals surface area (Å²) in [6.45, 7) is 5.96. The predicted molar refractivity (Wildman–Crippen MR) is 75.6 cm³/mol. The van der Waals surface area contributed by atoms with Crippen molar-refractivity contribution in [1.82, 2.24) is 10.6 Å². The molecule has 1 aromatic carbocycles. The summed E-state index contributed by atoms with van der Waals surface area (Å²) >= 11 is 0. The highest BCUT2D eigenvalue weighted by molar-refractivity contribution is 5.94. The molecular weight excluding hydrogens is 240 g/mol. The quantitative estimate of drug-likeness (QED) is 0.853. The van der Waals surface area contributed by atoms with Gasteiger partial charge in [0.15, 0.2) is 0 Å². The third kappa shape index (κ3) is 3.96. The first kappa shape index (κ1) is 13.9. The maximum Gasteiger partial charge on any atom is 0.251 e. The van der Waals surface area contributed by atoms with Gasteiger partial charge in [0, 0.05) is 18.2 Å². The molecule has 104 valence electrons. The second-order valence-electron chi connectivity index (χ2n) is 5.02. The standard InChI is InChI=1S/C15H22N2O2/c1-3-11(2)19-14-6-4-12(5-7-14)15(18)17-13-8-9-16-10-13/h4-7,11,13,16H,3,8-10H2,1-2H3,(H,17,18). The van der Waals surface area contributed by atoms with Crippen LogP contribution in [0.3, 0.4) is 0 Å². The Morgan fingerprint density at radius 2 is 2.21 bits per heavy atom. The highest BCUT2D eigenvalue weighted by Crippen LogP contribution is 2.15. The van der Waals surface area contributed by atoms with Gasteiger partial charge in [-0.25, -0.2) is 0 Å². The fourth-order valence-corrected chi connectivity index (χ4v) is 2.05. The van der Waals surface area contributed by atoms with E-state index in [1.54, 1.807) is 0 Å². The number of rotatable bonds is 5. The Labute approximate surface area is 114 Å². The van der Waals surface area contributed by atoms with Gasteiger partial charge in [-0.2, -0.15) is 0 Å². The molecule has 2 unspecified atom stereocenters. The molecule has 4 nitrogen and oxygen atoms in total. The van der Waals surface area contributed by atoms with E-state index < -0.39 is 0 Å². The molecule has 2 N–H and O–H groups in total. The van der Waals surface area contributed by atoms with E-state index in [1.807, 2.05) is 31.2 Å². The molecule has 0 bridgehead atoms. The highest BCUT2D eigenvalue weighted by atomic mass is 16.5. The zero-order valence-electron chi connectivity index (χ0n) is 11.6. The van der Waals surface area contributed by atoms with Crippen molar-refractivity contribution >= 4 is 5.91 Å². The average molecular weight is 262 g/mol. The Morgan fingerprint density at radius 3 is 2.79 bits per heavy atom. The lowest BCUT2D eigenvalue weighted by Gasteiger charge is -2.14. The van der Waals surface area contributed by atoms with Crippen molar-refractivity contribution in [3.63, 3.8) is 0 Å². The molecule has 19 heavy (non-hydrogen) atoms. The van der Waals surface area contributed by atoms with E-state index in [4.69, 9.17) is 4.74 Å². The van der Waals surface area contributed by atoms with Gasteiger partial charge in [0.2, 0.25) is 0 Å². The van der Waals surface area contributed by atoms with Gasteiger partial charge >= 0.3 is 0 Å². The zero-order chi connectivity index (χ0) is 13.7. The number of carbonyl (C=O) groups excluding carboxylic acids is 1. The summed E-state index contributed by atoms with van der Waals surface area (Å²) < 4.78 is 5.69. The summed E-state index contributed by atoms with van der Waals surface area (Å²) in [5.41, 5.74) is 0.684. The lowest BCUT2D eigenvalue weighted by molar-refractivity contribution is 0.0940. The lowest BCUT2D eigenvalue weighted by atomic mass is 10.1.